The average Bonchev–Trinajstić information content (AvgIpc) is 2.28. The summed E-state index contributed by atoms with van der Waals surface area (Å²) in [7, 11) is 3.95. The molecule has 0 aromatic heterocycles. The maximum Gasteiger partial charge on any atom is 0.251 e. The van der Waals surface area contributed by atoms with Crippen LogP contribution in [0.25, 0.3) is 0 Å². The van der Waals surface area contributed by atoms with Crippen LogP contribution in [0, 0.1) is 0 Å². The first kappa shape index (κ1) is 12.7. The Hall–Kier alpha value is -1.39. The predicted molar refractivity (Wildman–Crippen MR) is 65.2 cm³/mol. The van der Waals surface area contributed by atoms with E-state index < -0.39 is 0 Å². The number of amides is 1. The largest absolute Gasteiger partial charge is 0.351 e. The fourth-order valence-corrected chi connectivity index (χ4v) is 1.33. The molecule has 1 aromatic carbocycles. The summed E-state index contributed by atoms with van der Waals surface area (Å²) in [6.45, 7) is 1.94. The van der Waals surface area contributed by atoms with Crippen LogP contribution in [0.5, 0.6) is 0 Å². The lowest BCUT2D eigenvalue weighted by atomic mass is 10.1. The van der Waals surface area contributed by atoms with Crippen molar-refractivity contribution >= 4 is 5.91 Å². The number of benzene rings is 1. The Kier molecular flexibility index (Phi) is 4.95. The van der Waals surface area contributed by atoms with Crippen LogP contribution < -0.4 is 11.1 Å². The minimum Gasteiger partial charge on any atom is -0.351 e. The number of nitrogens with one attached hydrogen (secondary N) is 1. The summed E-state index contributed by atoms with van der Waals surface area (Å²) in [5, 5.41) is 2.86. The van der Waals surface area contributed by atoms with Gasteiger partial charge in [-0.25, -0.2) is 0 Å². The molecule has 4 heteroatoms. The van der Waals surface area contributed by atoms with Gasteiger partial charge in [0.05, 0.1) is 0 Å². The first-order chi connectivity index (χ1) is 7.63. The number of hydrogen-bond acceptors (Lipinski definition) is 3. The van der Waals surface area contributed by atoms with E-state index in [0.29, 0.717) is 18.7 Å². The quantitative estimate of drug-likeness (QED) is 0.758. The summed E-state index contributed by atoms with van der Waals surface area (Å²) in [6, 6.07) is 7.38. The van der Waals surface area contributed by atoms with Gasteiger partial charge in [0.2, 0.25) is 0 Å². The Morgan fingerprint density at radius 1 is 1.44 bits per heavy atom. The molecule has 1 amide bonds. The Labute approximate surface area is 96.4 Å². The molecule has 0 saturated heterocycles. The highest BCUT2D eigenvalue weighted by Crippen LogP contribution is 2.04. The molecule has 1 aromatic rings. The number of likely N-dealkylation sites (N-methyl/N-ethyl adjacent to an activating group) is 1. The average molecular weight is 221 g/mol. The lowest BCUT2D eigenvalue weighted by molar-refractivity contribution is 0.0951. The molecule has 0 unspecified atom stereocenters. The van der Waals surface area contributed by atoms with Crippen molar-refractivity contribution in [1.29, 1.82) is 0 Å². The molecular weight excluding hydrogens is 202 g/mol. The minimum atomic E-state index is -0.0443. The number of carbonyl (C=O) groups excluding carboxylic acids is 1. The second-order valence-electron chi connectivity index (χ2n) is 3.96. The summed E-state index contributed by atoms with van der Waals surface area (Å²) >= 11 is 0. The van der Waals surface area contributed by atoms with Crippen molar-refractivity contribution in [2.75, 3.05) is 27.2 Å². The molecule has 0 spiro atoms. The zero-order valence-corrected chi connectivity index (χ0v) is 9.86. The van der Waals surface area contributed by atoms with Crippen molar-refractivity contribution < 1.29 is 4.79 Å². The van der Waals surface area contributed by atoms with Crippen LogP contribution in [0.4, 0.5) is 0 Å². The first-order valence-electron chi connectivity index (χ1n) is 5.35. The van der Waals surface area contributed by atoms with Gasteiger partial charge >= 0.3 is 0 Å². The van der Waals surface area contributed by atoms with Gasteiger partial charge in [-0.05, 0) is 31.8 Å². The van der Waals surface area contributed by atoms with Gasteiger partial charge < -0.3 is 16.0 Å². The third-order valence-corrected chi connectivity index (χ3v) is 2.27. The summed E-state index contributed by atoms with van der Waals surface area (Å²) in [4.78, 5) is 13.7. The van der Waals surface area contributed by atoms with Crippen LogP contribution in [-0.4, -0.2) is 38.0 Å². The van der Waals surface area contributed by atoms with E-state index in [0.717, 1.165) is 12.1 Å². The van der Waals surface area contributed by atoms with E-state index in [1.165, 1.54) is 0 Å². The van der Waals surface area contributed by atoms with Gasteiger partial charge in [0.1, 0.15) is 0 Å². The van der Waals surface area contributed by atoms with Crippen molar-refractivity contribution in [2.24, 2.45) is 5.73 Å². The Bertz CT molecular complexity index is 350. The number of nitrogens with two attached hydrogens (primary N) is 1. The van der Waals surface area contributed by atoms with Gasteiger partial charge in [-0.3, -0.25) is 4.79 Å². The number of nitrogens with zero attached hydrogens (tertiary/aromatic N) is 1. The van der Waals surface area contributed by atoms with E-state index in [1.54, 1.807) is 6.07 Å². The molecule has 3 N–H and O–H groups in total. The Morgan fingerprint density at radius 2 is 2.19 bits per heavy atom. The maximum atomic E-state index is 11.7. The number of rotatable bonds is 5. The molecule has 16 heavy (non-hydrogen) atoms. The predicted octanol–water partition coefficient (Wildman–Crippen LogP) is 0.437. The van der Waals surface area contributed by atoms with Gasteiger partial charge in [0.15, 0.2) is 0 Å². The molecule has 0 radical (unpaired) electrons. The molecule has 0 saturated carbocycles. The van der Waals surface area contributed by atoms with E-state index in [9.17, 15) is 4.79 Å². The zero-order valence-electron chi connectivity index (χ0n) is 9.86. The topological polar surface area (TPSA) is 58.4 Å². The molecule has 88 valence electrons. The number of hydrogen-bond donors (Lipinski definition) is 2. The first-order valence-corrected chi connectivity index (χ1v) is 5.35. The third kappa shape index (κ3) is 4.00. The van der Waals surface area contributed by atoms with Gasteiger partial charge in [-0.15, -0.1) is 0 Å². The summed E-state index contributed by atoms with van der Waals surface area (Å²) in [5.74, 6) is -0.0443. The lowest BCUT2D eigenvalue weighted by Gasteiger charge is -2.10. The van der Waals surface area contributed by atoms with Crippen LogP contribution in [0.2, 0.25) is 0 Å². The van der Waals surface area contributed by atoms with E-state index in [4.69, 9.17) is 5.73 Å². The van der Waals surface area contributed by atoms with Gasteiger partial charge in [0.25, 0.3) is 5.91 Å². The zero-order chi connectivity index (χ0) is 12.0. The number of carbonyl (C=O) groups is 1. The molecule has 0 bridgehead atoms. The summed E-state index contributed by atoms with van der Waals surface area (Å²) in [6.07, 6.45) is 0. The normalized spacial score (nSPS) is 10.5. The van der Waals surface area contributed by atoms with Gasteiger partial charge in [-0.1, -0.05) is 12.1 Å². The highest BCUT2D eigenvalue weighted by Gasteiger charge is 2.04. The van der Waals surface area contributed by atoms with Crippen molar-refractivity contribution in [1.82, 2.24) is 10.2 Å². The fraction of sp³-hybridized carbons (Fsp3) is 0.417. The van der Waals surface area contributed by atoms with Crippen molar-refractivity contribution in [2.45, 2.75) is 6.54 Å². The molecule has 0 atom stereocenters. The Morgan fingerprint density at radius 3 is 2.81 bits per heavy atom. The highest BCUT2D eigenvalue weighted by atomic mass is 16.1. The smallest absolute Gasteiger partial charge is 0.251 e. The van der Waals surface area contributed by atoms with Crippen LogP contribution in [0.15, 0.2) is 24.3 Å². The monoisotopic (exact) mass is 221 g/mol. The highest BCUT2D eigenvalue weighted by molar-refractivity contribution is 5.94. The SMILES string of the molecule is CN(C)CCNC(=O)c1cccc(CN)c1. The molecule has 0 aliphatic carbocycles. The lowest BCUT2D eigenvalue weighted by Crippen LogP contribution is -2.31. The van der Waals surface area contributed by atoms with Crippen molar-refractivity contribution in [3.05, 3.63) is 35.4 Å². The van der Waals surface area contributed by atoms with E-state index in [2.05, 4.69) is 5.32 Å². The summed E-state index contributed by atoms with van der Waals surface area (Å²) in [5.41, 5.74) is 7.16. The van der Waals surface area contributed by atoms with E-state index in [-0.39, 0.29) is 5.91 Å². The molecular formula is C12H19N3O. The molecule has 0 heterocycles. The molecule has 0 aliphatic heterocycles. The third-order valence-electron chi connectivity index (χ3n) is 2.27. The maximum absolute atomic E-state index is 11.7. The van der Waals surface area contributed by atoms with Gasteiger partial charge in [-0.2, -0.15) is 0 Å². The van der Waals surface area contributed by atoms with Crippen molar-refractivity contribution in [3.8, 4) is 0 Å². The second kappa shape index (κ2) is 6.25. The van der Waals surface area contributed by atoms with Gasteiger partial charge in [0, 0.05) is 25.2 Å². The van der Waals surface area contributed by atoms with Crippen LogP contribution >= 0.6 is 0 Å². The van der Waals surface area contributed by atoms with E-state index >= 15 is 0 Å². The standard InChI is InChI=1S/C12H19N3O/c1-15(2)7-6-14-12(16)11-5-3-4-10(8-11)9-13/h3-5,8H,6-7,9,13H2,1-2H3,(H,14,16). The van der Waals surface area contributed by atoms with E-state index in [1.807, 2.05) is 37.2 Å². The van der Waals surface area contributed by atoms with Crippen LogP contribution in [0.1, 0.15) is 15.9 Å². The van der Waals surface area contributed by atoms with Crippen LogP contribution in [0.3, 0.4) is 0 Å². The van der Waals surface area contributed by atoms with Crippen LogP contribution in [-0.2, 0) is 6.54 Å². The second-order valence-corrected chi connectivity index (χ2v) is 3.96. The fourth-order valence-electron chi connectivity index (χ4n) is 1.33. The molecule has 1 rings (SSSR count). The molecule has 0 aliphatic rings. The Balaban J connectivity index is 2.52. The van der Waals surface area contributed by atoms with Crippen molar-refractivity contribution in [3.63, 3.8) is 0 Å². The molecule has 0 fully saturated rings. The summed E-state index contributed by atoms with van der Waals surface area (Å²) < 4.78 is 0. The molecule has 4 nitrogen and oxygen atoms in total. The minimum absolute atomic E-state index is 0.0443.